The molecule has 0 aliphatic carbocycles. The molecule has 25 heavy (non-hydrogen) atoms. The molecule has 1 aromatic carbocycles. The molecule has 0 aliphatic rings. The molecule has 5 heteroatoms. The Morgan fingerprint density at radius 1 is 1.20 bits per heavy atom. The third-order valence-corrected chi connectivity index (χ3v) is 3.97. The van der Waals surface area contributed by atoms with Crippen LogP contribution in [0.5, 0.6) is 11.5 Å². The number of aliphatic hydroxyl groups is 1. The van der Waals surface area contributed by atoms with Crippen LogP contribution in [0.2, 0.25) is 0 Å². The second-order valence-corrected chi connectivity index (χ2v) is 5.96. The number of aromatic hydroxyl groups is 1. The van der Waals surface area contributed by atoms with Gasteiger partial charge in [-0.15, -0.1) is 0 Å². The molecular formula is C20H26O5. The van der Waals surface area contributed by atoms with Crippen molar-refractivity contribution in [2.75, 3.05) is 13.2 Å². The van der Waals surface area contributed by atoms with Gasteiger partial charge in [-0.1, -0.05) is 38.3 Å². The summed E-state index contributed by atoms with van der Waals surface area (Å²) in [5.41, 5.74) is -0.146. The molecule has 2 rings (SSSR count). The summed E-state index contributed by atoms with van der Waals surface area (Å²) in [6, 6.07) is 5.02. The Bertz CT molecular complexity index is 761. The lowest BCUT2D eigenvalue weighted by Gasteiger charge is -2.10. The van der Waals surface area contributed by atoms with E-state index in [0.29, 0.717) is 24.2 Å². The highest BCUT2D eigenvalue weighted by atomic mass is 16.5. The highest BCUT2D eigenvalue weighted by Gasteiger charge is 2.15. The fourth-order valence-electron chi connectivity index (χ4n) is 2.62. The maximum atomic E-state index is 12.1. The Morgan fingerprint density at radius 2 is 2.04 bits per heavy atom. The molecule has 0 radical (unpaired) electrons. The van der Waals surface area contributed by atoms with E-state index in [9.17, 15) is 9.90 Å². The van der Waals surface area contributed by atoms with Crippen LogP contribution in [0.15, 0.2) is 33.5 Å². The van der Waals surface area contributed by atoms with Gasteiger partial charge in [-0.05, 0) is 31.1 Å². The van der Waals surface area contributed by atoms with Crippen LogP contribution in [0.1, 0.15) is 51.0 Å². The van der Waals surface area contributed by atoms with Crippen molar-refractivity contribution in [3.8, 4) is 11.5 Å². The molecule has 136 valence electrons. The van der Waals surface area contributed by atoms with Crippen molar-refractivity contribution in [1.29, 1.82) is 0 Å². The minimum atomic E-state index is -0.567. The van der Waals surface area contributed by atoms with E-state index in [-0.39, 0.29) is 23.5 Å². The van der Waals surface area contributed by atoms with Gasteiger partial charge < -0.3 is 19.4 Å². The van der Waals surface area contributed by atoms with Crippen molar-refractivity contribution in [2.24, 2.45) is 0 Å². The second kappa shape index (κ2) is 9.89. The van der Waals surface area contributed by atoms with Crippen LogP contribution in [-0.4, -0.2) is 23.4 Å². The summed E-state index contributed by atoms with van der Waals surface area (Å²) < 4.78 is 10.9. The van der Waals surface area contributed by atoms with Crippen molar-refractivity contribution in [3.05, 3.63) is 40.3 Å². The molecule has 0 saturated heterocycles. The van der Waals surface area contributed by atoms with Gasteiger partial charge in [-0.2, -0.15) is 0 Å². The average Bonchev–Trinajstić information content (AvgIpc) is 2.60. The van der Waals surface area contributed by atoms with E-state index >= 15 is 0 Å². The predicted molar refractivity (Wildman–Crippen MR) is 99.1 cm³/mol. The SMILES string of the molecule is CCCCCCC=Cc1c(O)c2c(OCCCO)cccc2oc1=O. The number of benzene rings is 1. The third-order valence-electron chi connectivity index (χ3n) is 3.97. The Morgan fingerprint density at radius 3 is 2.80 bits per heavy atom. The number of ether oxygens (including phenoxy) is 1. The van der Waals surface area contributed by atoms with Crippen LogP contribution in [0, 0.1) is 0 Å². The Hall–Kier alpha value is -2.27. The maximum Gasteiger partial charge on any atom is 0.347 e. The zero-order valence-electron chi connectivity index (χ0n) is 14.7. The molecule has 0 aliphatic heterocycles. The topological polar surface area (TPSA) is 79.9 Å². The average molecular weight is 346 g/mol. The summed E-state index contributed by atoms with van der Waals surface area (Å²) in [6.45, 7) is 2.50. The Labute approximate surface area is 147 Å². The first-order chi connectivity index (χ1) is 12.2. The summed E-state index contributed by atoms with van der Waals surface area (Å²) in [6.07, 6.45) is 9.44. The Balaban J connectivity index is 2.26. The maximum absolute atomic E-state index is 12.1. The van der Waals surface area contributed by atoms with E-state index in [1.165, 1.54) is 12.8 Å². The van der Waals surface area contributed by atoms with Gasteiger partial charge in [0, 0.05) is 13.0 Å². The largest absolute Gasteiger partial charge is 0.506 e. The number of fused-ring (bicyclic) bond motifs is 1. The minimum absolute atomic E-state index is 0.0256. The van der Waals surface area contributed by atoms with Gasteiger partial charge in [0.1, 0.15) is 28.0 Å². The molecule has 0 fully saturated rings. The lowest BCUT2D eigenvalue weighted by molar-refractivity contribution is 0.234. The van der Waals surface area contributed by atoms with Gasteiger partial charge in [-0.25, -0.2) is 4.79 Å². The van der Waals surface area contributed by atoms with Crippen LogP contribution in [0.25, 0.3) is 17.0 Å². The van der Waals surface area contributed by atoms with E-state index in [1.807, 2.05) is 6.08 Å². The first-order valence-electron chi connectivity index (χ1n) is 8.88. The first-order valence-corrected chi connectivity index (χ1v) is 8.88. The van der Waals surface area contributed by atoms with Crippen LogP contribution < -0.4 is 10.4 Å². The highest BCUT2D eigenvalue weighted by molar-refractivity contribution is 5.92. The van der Waals surface area contributed by atoms with Gasteiger partial charge in [0.15, 0.2) is 0 Å². The predicted octanol–water partition coefficient (Wildman–Crippen LogP) is 4.24. The number of allylic oxidation sites excluding steroid dienone is 1. The number of hydrogen-bond acceptors (Lipinski definition) is 5. The number of unbranched alkanes of at least 4 members (excludes halogenated alkanes) is 4. The van der Waals surface area contributed by atoms with Gasteiger partial charge in [0.05, 0.1) is 6.61 Å². The van der Waals surface area contributed by atoms with Gasteiger partial charge in [-0.3, -0.25) is 0 Å². The third kappa shape index (κ3) is 5.10. The van der Waals surface area contributed by atoms with Crippen molar-refractivity contribution in [3.63, 3.8) is 0 Å². The summed E-state index contributed by atoms with van der Waals surface area (Å²) in [5.74, 6) is 0.306. The molecule has 0 bridgehead atoms. The fraction of sp³-hybridized carbons (Fsp3) is 0.450. The standard InChI is InChI=1S/C20H26O5/c1-2-3-4-5-6-7-10-15-19(22)18-16(24-14-9-13-21)11-8-12-17(18)25-20(15)23/h7-8,10-12,21-22H,2-6,9,13-14H2,1H3. The molecular weight excluding hydrogens is 320 g/mol. The van der Waals surface area contributed by atoms with Gasteiger partial charge >= 0.3 is 5.63 Å². The second-order valence-electron chi connectivity index (χ2n) is 5.96. The molecule has 0 amide bonds. The zero-order valence-corrected chi connectivity index (χ0v) is 14.7. The summed E-state index contributed by atoms with van der Waals surface area (Å²) in [5, 5.41) is 19.8. The zero-order chi connectivity index (χ0) is 18.1. The molecule has 5 nitrogen and oxygen atoms in total. The molecule has 0 spiro atoms. The van der Waals surface area contributed by atoms with E-state index in [1.54, 1.807) is 24.3 Å². The van der Waals surface area contributed by atoms with Crippen LogP contribution >= 0.6 is 0 Å². The van der Waals surface area contributed by atoms with E-state index in [2.05, 4.69) is 6.92 Å². The number of hydrogen-bond donors (Lipinski definition) is 2. The van der Waals surface area contributed by atoms with Crippen molar-refractivity contribution < 1.29 is 19.4 Å². The van der Waals surface area contributed by atoms with Crippen molar-refractivity contribution >= 4 is 17.0 Å². The molecule has 0 unspecified atom stereocenters. The number of aliphatic hydroxyl groups excluding tert-OH is 1. The van der Waals surface area contributed by atoms with E-state index in [4.69, 9.17) is 14.3 Å². The molecule has 2 aromatic rings. The quantitative estimate of drug-likeness (QED) is 0.497. The molecule has 0 atom stereocenters. The smallest absolute Gasteiger partial charge is 0.347 e. The lowest BCUT2D eigenvalue weighted by Crippen LogP contribution is -2.05. The highest BCUT2D eigenvalue weighted by Crippen LogP contribution is 2.35. The van der Waals surface area contributed by atoms with E-state index < -0.39 is 5.63 Å². The van der Waals surface area contributed by atoms with Crippen LogP contribution in [0.3, 0.4) is 0 Å². The van der Waals surface area contributed by atoms with Crippen molar-refractivity contribution in [2.45, 2.75) is 45.4 Å². The normalized spacial score (nSPS) is 11.4. The number of rotatable bonds is 10. The summed E-state index contributed by atoms with van der Waals surface area (Å²) in [7, 11) is 0. The fourth-order valence-corrected chi connectivity index (χ4v) is 2.62. The summed E-state index contributed by atoms with van der Waals surface area (Å²) >= 11 is 0. The van der Waals surface area contributed by atoms with Crippen molar-refractivity contribution in [1.82, 2.24) is 0 Å². The lowest BCUT2D eigenvalue weighted by atomic mass is 10.1. The Kier molecular flexibility index (Phi) is 7.54. The van der Waals surface area contributed by atoms with Gasteiger partial charge in [0.2, 0.25) is 0 Å². The van der Waals surface area contributed by atoms with Crippen LogP contribution in [0.4, 0.5) is 0 Å². The van der Waals surface area contributed by atoms with Crippen LogP contribution in [-0.2, 0) is 0 Å². The molecule has 0 saturated carbocycles. The van der Waals surface area contributed by atoms with Gasteiger partial charge in [0.25, 0.3) is 0 Å². The molecule has 1 aromatic heterocycles. The molecule has 1 heterocycles. The molecule has 2 N–H and O–H groups in total. The summed E-state index contributed by atoms with van der Waals surface area (Å²) in [4.78, 5) is 12.1. The van der Waals surface area contributed by atoms with E-state index in [0.717, 1.165) is 19.3 Å². The minimum Gasteiger partial charge on any atom is -0.506 e. The monoisotopic (exact) mass is 346 g/mol. The first kappa shape index (κ1) is 19.1.